The molecule has 182 valence electrons. The number of nitrogens with one attached hydrogen (secondary N) is 2. The van der Waals surface area contributed by atoms with Gasteiger partial charge in [-0.25, -0.2) is 9.59 Å². The molecule has 0 spiro atoms. The molecule has 3 aromatic rings. The second-order valence-corrected chi connectivity index (χ2v) is 8.87. The maximum atomic E-state index is 13.2. The number of urea groups is 1. The first-order chi connectivity index (χ1) is 17.3. The summed E-state index contributed by atoms with van der Waals surface area (Å²) in [4.78, 5) is 39.4. The van der Waals surface area contributed by atoms with Crippen LogP contribution in [0.25, 0.3) is 11.1 Å². The van der Waals surface area contributed by atoms with Crippen LogP contribution in [0.2, 0.25) is 0 Å². The molecule has 3 amide bonds. The van der Waals surface area contributed by atoms with Crippen LogP contribution < -0.4 is 10.6 Å². The Balaban J connectivity index is 1.46. The number of carbonyl (C=O) groups is 3. The number of amides is 3. The molecule has 1 atom stereocenters. The van der Waals surface area contributed by atoms with Crippen LogP contribution in [0.1, 0.15) is 35.3 Å². The molecule has 3 aromatic carbocycles. The van der Waals surface area contributed by atoms with Gasteiger partial charge >= 0.3 is 12.0 Å². The zero-order valence-corrected chi connectivity index (χ0v) is 20.2. The van der Waals surface area contributed by atoms with E-state index in [9.17, 15) is 14.4 Å². The van der Waals surface area contributed by atoms with Crippen LogP contribution in [-0.2, 0) is 16.1 Å². The van der Waals surface area contributed by atoms with E-state index < -0.39 is 18.0 Å². The van der Waals surface area contributed by atoms with Gasteiger partial charge in [0, 0.05) is 23.5 Å². The Morgan fingerprint density at radius 2 is 1.67 bits per heavy atom. The van der Waals surface area contributed by atoms with Gasteiger partial charge in [0.25, 0.3) is 5.91 Å². The summed E-state index contributed by atoms with van der Waals surface area (Å²) >= 11 is 0. The number of benzene rings is 3. The Hall–Kier alpha value is -4.64. The monoisotopic (exact) mass is 482 g/mol. The molecular formula is C28H26N4O4. The summed E-state index contributed by atoms with van der Waals surface area (Å²) in [5.41, 5.74) is 4.74. The quantitative estimate of drug-likeness (QED) is 0.479. The maximum absolute atomic E-state index is 13.2. The Morgan fingerprint density at radius 1 is 0.972 bits per heavy atom. The highest BCUT2D eigenvalue weighted by atomic mass is 16.5. The van der Waals surface area contributed by atoms with Crippen molar-refractivity contribution in [1.29, 1.82) is 5.26 Å². The zero-order valence-electron chi connectivity index (χ0n) is 20.2. The van der Waals surface area contributed by atoms with Crippen LogP contribution in [0.3, 0.4) is 0 Å². The second kappa shape index (κ2) is 10.3. The number of hydrogen-bond donors (Lipinski definition) is 2. The fraction of sp³-hybridized carbons (Fsp3) is 0.214. The number of hydrogen-bond acceptors (Lipinski definition) is 5. The standard InChI is InChI=1S/C28H26N4O4/c1-17(2)25(27(34)36-3)32-16-21-8-7-20(14-24(21)26(32)33)19-9-11-22(12-10-19)30-28(35)31-23-6-4-5-18(13-23)15-29/h4-14,17,25H,16H2,1-3H3,(H2,30,31,35)/t25-/m0/s1. The average Bonchev–Trinajstić information content (AvgIpc) is 3.19. The molecule has 0 unspecified atom stereocenters. The summed E-state index contributed by atoms with van der Waals surface area (Å²) in [5, 5.41) is 14.5. The normalized spacial score (nSPS) is 13.1. The Morgan fingerprint density at radius 3 is 2.33 bits per heavy atom. The van der Waals surface area contributed by atoms with Gasteiger partial charge in [-0.15, -0.1) is 0 Å². The van der Waals surface area contributed by atoms with Crippen LogP contribution in [0.15, 0.2) is 66.7 Å². The topological polar surface area (TPSA) is 112 Å². The molecule has 0 radical (unpaired) electrons. The summed E-state index contributed by atoms with van der Waals surface area (Å²) in [5.74, 6) is -0.689. The predicted octanol–water partition coefficient (Wildman–Crippen LogP) is 5.02. The predicted molar refractivity (Wildman–Crippen MR) is 136 cm³/mol. The van der Waals surface area contributed by atoms with E-state index in [0.717, 1.165) is 16.7 Å². The number of carbonyl (C=O) groups excluding carboxylic acids is 3. The summed E-state index contributed by atoms with van der Waals surface area (Å²) in [6, 6.07) is 20.6. The third-order valence-corrected chi connectivity index (χ3v) is 6.08. The number of esters is 1. The first-order valence-electron chi connectivity index (χ1n) is 11.5. The number of rotatable bonds is 6. The molecule has 2 N–H and O–H groups in total. The van der Waals surface area contributed by atoms with Crippen molar-refractivity contribution >= 4 is 29.3 Å². The van der Waals surface area contributed by atoms with Gasteiger partial charge in [-0.05, 0) is 59.0 Å². The lowest BCUT2D eigenvalue weighted by atomic mass is 10.00. The van der Waals surface area contributed by atoms with Crippen molar-refractivity contribution in [3.63, 3.8) is 0 Å². The lowest BCUT2D eigenvalue weighted by Crippen LogP contribution is -2.45. The maximum Gasteiger partial charge on any atom is 0.328 e. The van der Waals surface area contributed by atoms with E-state index in [1.165, 1.54) is 7.11 Å². The molecule has 1 aliphatic heterocycles. The largest absolute Gasteiger partial charge is 0.467 e. The van der Waals surface area contributed by atoms with Crippen LogP contribution in [0.5, 0.6) is 0 Å². The highest BCUT2D eigenvalue weighted by Gasteiger charge is 2.38. The minimum absolute atomic E-state index is 0.0808. The highest BCUT2D eigenvalue weighted by Crippen LogP contribution is 2.32. The van der Waals surface area contributed by atoms with Crippen molar-refractivity contribution in [2.45, 2.75) is 26.4 Å². The Labute approximate surface area is 209 Å². The van der Waals surface area contributed by atoms with E-state index >= 15 is 0 Å². The van der Waals surface area contributed by atoms with Crippen molar-refractivity contribution in [1.82, 2.24) is 4.90 Å². The van der Waals surface area contributed by atoms with Crippen molar-refractivity contribution < 1.29 is 19.1 Å². The lowest BCUT2D eigenvalue weighted by Gasteiger charge is -2.28. The molecular weight excluding hydrogens is 456 g/mol. The lowest BCUT2D eigenvalue weighted by molar-refractivity contribution is -0.147. The summed E-state index contributed by atoms with van der Waals surface area (Å²) < 4.78 is 4.93. The van der Waals surface area contributed by atoms with Gasteiger partial charge in [-0.2, -0.15) is 5.26 Å². The first-order valence-corrected chi connectivity index (χ1v) is 11.5. The molecule has 36 heavy (non-hydrogen) atoms. The van der Waals surface area contributed by atoms with E-state index in [4.69, 9.17) is 10.00 Å². The second-order valence-electron chi connectivity index (χ2n) is 8.87. The van der Waals surface area contributed by atoms with Crippen molar-refractivity contribution in [2.75, 3.05) is 17.7 Å². The molecule has 0 saturated carbocycles. The third-order valence-electron chi connectivity index (χ3n) is 6.08. The Bertz CT molecular complexity index is 1360. The van der Waals surface area contributed by atoms with Gasteiger partial charge in [-0.3, -0.25) is 4.79 Å². The summed E-state index contributed by atoms with van der Waals surface area (Å²) in [7, 11) is 1.33. The molecule has 8 nitrogen and oxygen atoms in total. The van der Waals surface area contributed by atoms with Crippen LogP contribution in [-0.4, -0.2) is 36.0 Å². The number of ether oxygens (including phenoxy) is 1. The van der Waals surface area contributed by atoms with Crippen molar-refractivity contribution in [2.24, 2.45) is 5.92 Å². The minimum atomic E-state index is -0.641. The SMILES string of the molecule is COC(=O)[C@H](C(C)C)N1Cc2ccc(-c3ccc(NC(=O)Nc4cccc(C#N)c4)cc3)cc2C1=O. The molecule has 0 bridgehead atoms. The number of anilines is 2. The van der Waals surface area contributed by atoms with E-state index in [0.29, 0.717) is 29.0 Å². The van der Waals surface area contributed by atoms with Gasteiger partial charge in [0.15, 0.2) is 0 Å². The van der Waals surface area contributed by atoms with E-state index in [1.54, 1.807) is 41.3 Å². The van der Waals surface area contributed by atoms with Crippen LogP contribution in [0, 0.1) is 17.2 Å². The van der Waals surface area contributed by atoms with Crippen LogP contribution in [0.4, 0.5) is 16.2 Å². The third kappa shape index (κ3) is 5.05. The molecule has 0 aliphatic carbocycles. The number of nitrogens with zero attached hydrogens (tertiary/aromatic N) is 2. The van der Waals surface area contributed by atoms with Gasteiger partial charge in [-0.1, -0.05) is 44.2 Å². The zero-order chi connectivity index (χ0) is 25.8. The van der Waals surface area contributed by atoms with E-state index in [2.05, 4.69) is 10.6 Å². The van der Waals surface area contributed by atoms with Crippen LogP contribution >= 0.6 is 0 Å². The highest BCUT2D eigenvalue weighted by molar-refractivity contribution is 6.02. The van der Waals surface area contributed by atoms with Crippen molar-refractivity contribution in [3.8, 4) is 17.2 Å². The molecule has 8 heteroatoms. The number of fused-ring (bicyclic) bond motifs is 1. The van der Waals surface area contributed by atoms with Gasteiger partial charge in [0.2, 0.25) is 0 Å². The fourth-order valence-corrected chi connectivity index (χ4v) is 4.31. The summed E-state index contributed by atoms with van der Waals surface area (Å²) in [6.45, 7) is 4.15. The average molecular weight is 483 g/mol. The van der Waals surface area contributed by atoms with Gasteiger partial charge < -0.3 is 20.3 Å². The molecule has 0 saturated heterocycles. The molecule has 4 rings (SSSR count). The number of methoxy groups -OCH3 is 1. The summed E-state index contributed by atoms with van der Waals surface area (Å²) in [6.07, 6.45) is 0. The number of nitriles is 1. The van der Waals surface area contributed by atoms with Gasteiger partial charge in [0.05, 0.1) is 18.7 Å². The minimum Gasteiger partial charge on any atom is -0.467 e. The Kier molecular flexibility index (Phi) is 7.02. The molecule has 0 fully saturated rings. The molecule has 0 aromatic heterocycles. The smallest absolute Gasteiger partial charge is 0.328 e. The fourth-order valence-electron chi connectivity index (χ4n) is 4.31. The first kappa shape index (κ1) is 24.5. The van der Waals surface area contributed by atoms with E-state index in [1.807, 2.05) is 50.2 Å². The van der Waals surface area contributed by atoms with E-state index in [-0.39, 0.29) is 11.8 Å². The van der Waals surface area contributed by atoms with Gasteiger partial charge in [0.1, 0.15) is 6.04 Å². The van der Waals surface area contributed by atoms with Crippen molar-refractivity contribution in [3.05, 3.63) is 83.4 Å². The molecule has 1 aliphatic rings. The molecule has 1 heterocycles.